The fourth-order valence-electron chi connectivity index (χ4n) is 2.07. The highest BCUT2D eigenvalue weighted by atomic mass is 35.5. The Morgan fingerprint density at radius 1 is 1.24 bits per heavy atom. The molecule has 0 unspecified atom stereocenters. The molecule has 0 radical (unpaired) electrons. The molecule has 0 amide bonds. The molecule has 0 aromatic heterocycles. The molecule has 0 bridgehead atoms. The van der Waals surface area contributed by atoms with Gasteiger partial charge in [-0.3, -0.25) is 0 Å². The molecule has 1 aliphatic heterocycles. The van der Waals surface area contributed by atoms with E-state index >= 15 is 0 Å². The Morgan fingerprint density at radius 3 is 2.62 bits per heavy atom. The normalized spacial score (nSPS) is 19.6. The molecule has 9 heteroatoms. The van der Waals surface area contributed by atoms with Crippen molar-refractivity contribution in [3.8, 4) is 6.07 Å². The first kappa shape index (κ1) is 16.2. The lowest BCUT2D eigenvalue weighted by atomic mass is 10.2. The van der Waals surface area contributed by atoms with Crippen molar-refractivity contribution in [2.75, 3.05) is 24.6 Å². The van der Waals surface area contributed by atoms with E-state index in [1.165, 1.54) is 18.2 Å². The van der Waals surface area contributed by atoms with Gasteiger partial charge in [-0.25, -0.2) is 16.8 Å². The van der Waals surface area contributed by atoms with Crippen molar-refractivity contribution in [3.05, 3.63) is 28.8 Å². The number of hydrogen-bond donors (Lipinski definition) is 0. The van der Waals surface area contributed by atoms with Crippen molar-refractivity contribution in [2.45, 2.75) is 11.3 Å². The number of rotatable bonds is 2. The summed E-state index contributed by atoms with van der Waals surface area (Å²) in [6.07, 6.45) is 0.247. The summed E-state index contributed by atoms with van der Waals surface area (Å²) in [5.41, 5.74) is 0.181. The molecule has 6 nitrogen and oxygen atoms in total. The van der Waals surface area contributed by atoms with E-state index in [0.29, 0.717) is 0 Å². The Balaban J connectivity index is 2.41. The van der Waals surface area contributed by atoms with Crippen LogP contribution < -0.4 is 0 Å². The third-order valence-electron chi connectivity index (χ3n) is 3.19. The highest BCUT2D eigenvalue weighted by Gasteiger charge is 2.30. The Hall–Kier alpha value is -1.14. The van der Waals surface area contributed by atoms with Crippen LogP contribution in [0.4, 0.5) is 0 Å². The lowest BCUT2D eigenvalue weighted by molar-refractivity contribution is 0.434. The molecule has 1 heterocycles. The quantitative estimate of drug-likeness (QED) is 0.795. The summed E-state index contributed by atoms with van der Waals surface area (Å²) in [7, 11) is -7.12. The van der Waals surface area contributed by atoms with Crippen molar-refractivity contribution in [3.63, 3.8) is 0 Å². The first-order valence-corrected chi connectivity index (χ1v) is 9.80. The molecule has 1 aliphatic rings. The smallest absolute Gasteiger partial charge is 0.229 e. The summed E-state index contributed by atoms with van der Waals surface area (Å²) in [6, 6.07) is 5.84. The van der Waals surface area contributed by atoms with Gasteiger partial charge in [-0.05, 0) is 24.6 Å². The monoisotopic (exact) mass is 348 g/mol. The van der Waals surface area contributed by atoms with Crippen molar-refractivity contribution >= 4 is 31.5 Å². The summed E-state index contributed by atoms with van der Waals surface area (Å²) in [5.74, 6) is -0.229. The van der Waals surface area contributed by atoms with Gasteiger partial charge in [-0.1, -0.05) is 11.6 Å². The maximum absolute atomic E-state index is 12.6. The minimum Gasteiger partial charge on any atom is -0.229 e. The summed E-state index contributed by atoms with van der Waals surface area (Å²) < 4.78 is 49.4. The number of benzene rings is 1. The Bertz CT molecular complexity index is 797. The lowest BCUT2D eigenvalue weighted by Gasteiger charge is -2.20. The maximum Gasteiger partial charge on any atom is 0.244 e. The molecule has 0 atom stereocenters. The standard InChI is InChI=1S/C12H13ClN2O4S2/c13-11-3-2-10(9-14)8-12(11)21(18,19)15-4-1-6-20(16,17)7-5-15/h2-3,8H,1,4-7H2. The van der Waals surface area contributed by atoms with E-state index in [0.717, 1.165) is 4.31 Å². The molecule has 0 saturated carbocycles. The van der Waals surface area contributed by atoms with E-state index in [-0.39, 0.29) is 46.5 Å². The fourth-order valence-corrected chi connectivity index (χ4v) is 5.43. The SMILES string of the molecule is N#Cc1ccc(Cl)c(S(=O)(=O)N2CCCS(=O)(=O)CC2)c1. The van der Waals surface area contributed by atoms with Crippen LogP contribution >= 0.6 is 11.6 Å². The predicted molar refractivity (Wildman–Crippen MR) is 78.2 cm³/mol. The van der Waals surface area contributed by atoms with E-state index in [4.69, 9.17) is 16.9 Å². The van der Waals surface area contributed by atoms with Crippen LogP contribution in [-0.2, 0) is 19.9 Å². The molecule has 0 aliphatic carbocycles. The summed E-state index contributed by atoms with van der Waals surface area (Å²) >= 11 is 5.92. The zero-order chi connectivity index (χ0) is 15.7. The second-order valence-corrected chi connectivity index (χ2v) is 9.28. The van der Waals surface area contributed by atoms with Gasteiger partial charge in [0.2, 0.25) is 10.0 Å². The van der Waals surface area contributed by atoms with Crippen LogP contribution in [0.25, 0.3) is 0 Å². The molecule has 1 saturated heterocycles. The first-order valence-electron chi connectivity index (χ1n) is 6.16. The van der Waals surface area contributed by atoms with E-state index in [9.17, 15) is 16.8 Å². The van der Waals surface area contributed by atoms with Crippen LogP contribution in [0, 0.1) is 11.3 Å². The molecule has 21 heavy (non-hydrogen) atoms. The van der Waals surface area contributed by atoms with Crippen molar-refractivity contribution in [1.82, 2.24) is 4.31 Å². The largest absolute Gasteiger partial charge is 0.244 e. The lowest BCUT2D eigenvalue weighted by Crippen LogP contribution is -2.33. The topological polar surface area (TPSA) is 95.3 Å². The minimum atomic E-state index is -3.91. The number of nitrogens with zero attached hydrogens (tertiary/aromatic N) is 2. The highest BCUT2D eigenvalue weighted by Crippen LogP contribution is 2.26. The van der Waals surface area contributed by atoms with Gasteiger partial charge in [0.05, 0.1) is 28.2 Å². The van der Waals surface area contributed by atoms with Crippen molar-refractivity contribution < 1.29 is 16.8 Å². The van der Waals surface area contributed by atoms with Gasteiger partial charge in [0.1, 0.15) is 4.90 Å². The molecule has 1 aromatic carbocycles. The molecule has 2 rings (SSSR count). The highest BCUT2D eigenvalue weighted by molar-refractivity contribution is 7.91. The second-order valence-electron chi connectivity index (χ2n) is 4.67. The Labute approximate surface area is 128 Å². The Morgan fingerprint density at radius 2 is 1.95 bits per heavy atom. The first-order chi connectivity index (χ1) is 9.76. The average Bonchev–Trinajstić information content (AvgIpc) is 2.60. The van der Waals surface area contributed by atoms with Gasteiger partial charge in [-0.2, -0.15) is 9.57 Å². The van der Waals surface area contributed by atoms with E-state index in [1.807, 2.05) is 6.07 Å². The Kier molecular flexibility index (Phi) is 4.58. The van der Waals surface area contributed by atoms with E-state index < -0.39 is 19.9 Å². The van der Waals surface area contributed by atoms with Gasteiger partial charge in [-0.15, -0.1) is 0 Å². The number of hydrogen-bond acceptors (Lipinski definition) is 5. The van der Waals surface area contributed by atoms with Crippen LogP contribution in [0.15, 0.2) is 23.1 Å². The van der Waals surface area contributed by atoms with Crippen LogP contribution in [0.2, 0.25) is 5.02 Å². The summed E-state index contributed by atoms with van der Waals surface area (Å²) in [5, 5.41) is 8.88. The number of halogens is 1. The van der Waals surface area contributed by atoms with Crippen LogP contribution in [0.1, 0.15) is 12.0 Å². The zero-order valence-electron chi connectivity index (χ0n) is 11.0. The molecule has 0 N–H and O–H groups in total. The molecule has 1 aromatic rings. The van der Waals surface area contributed by atoms with Gasteiger partial charge < -0.3 is 0 Å². The third-order valence-corrected chi connectivity index (χ3v) is 7.29. The van der Waals surface area contributed by atoms with Crippen LogP contribution in [-0.4, -0.2) is 45.7 Å². The maximum atomic E-state index is 12.6. The van der Waals surface area contributed by atoms with Crippen LogP contribution in [0.5, 0.6) is 0 Å². The van der Waals surface area contributed by atoms with Crippen molar-refractivity contribution in [2.24, 2.45) is 0 Å². The van der Waals surface area contributed by atoms with Gasteiger partial charge in [0.25, 0.3) is 0 Å². The second kappa shape index (κ2) is 5.93. The average molecular weight is 349 g/mol. The molecule has 0 spiro atoms. The summed E-state index contributed by atoms with van der Waals surface area (Å²) in [6.45, 7) is 0.0203. The molecular weight excluding hydrogens is 336 g/mol. The van der Waals surface area contributed by atoms with Crippen LogP contribution in [0.3, 0.4) is 0 Å². The third kappa shape index (κ3) is 3.55. The predicted octanol–water partition coefficient (Wildman–Crippen LogP) is 1.02. The molecule has 1 fully saturated rings. The van der Waals surface area contributed by atoms with Gasteiger partial charge in [0, 0.05) is 13.1 Å². The van der Waals surface area contributed by atoms with Gasteiger partial charge in [0.15, 0.2) is 9.84 Å². The fraction of sp³-hybridized carbons (Fsp3) is 0.417. The van der Waals surface area contributed by atoms with E-state index in [1.54, 1.807) is 0 Å². The summed E-state index contributed by atoms with van der Waals surface area (Å²) in [4.78, 5) is -0.164. The van der Waals surface area contributed by atoms with Crippen molar-refractivity contribution in [1.29, 1.82) is 5.26 Å². The zero-order valence-corrected chi connectivity index (χ0v) is 13.4. The minimum absolute atomic E-state index is 0.0149. The number of nitriles is 1. The van der Waals surface area contributed by atoms with Gasteiger partial charge >= 0.3 is 0 Å². The van der Waals surface area contributed by atoms with E-state index in [2.05, 4.69) is 0 Å². The molecule has 114 valence electrons. The molecular formula is C12H13ClN2O4S2. The number of sulfonamides is 1. The number of sulfone groups is 1.